The zero-order chi connectivity index (χ0) is 21.8. The molecule has 0 radical (unpaired) electrons. The van der Waals surface area contributed by atoms with E-state index in [1.165, 1.54) is 55.6 Å². The summed E-state index contributed by atoms with van der Waals surface area (Å²) in [6, 6.07) is 24.4. The van der Waals surface area contributed by atoms with E-state index in [1.807, 2.05) is 12.3 Å². The highest BCUT2D eigenvalue weighted by Gasteiger charge is 2.39. The number of aromatic nitrogens is 2. The molecule has 3 nitrogen and oxygen atoms in total. The Kier molecular flexibility index (Phi) is 3.16. The zero-order valence-electron chi connectivity index (χ0n) is 18.8. The molecule has 1 N–H and O–H groups in total. The first kappa shape index (κ1) is 18.0. The fourth-order valence-electron chi connectivity index (χ4n) is 6.10. The van der Waals surface area contributed by atoms with Crippen molar-refractivity contribution in [2.45, 2.75) is 38.5 Å². The molecule has 3 heteroatoms. The Hall–Kier alpha value is -3.59. The third-order valence-corrected chi connectivity index (χ3v) is 7.81. The summed E-state index contributed by atoms with van der Waals surface area (Å²) in [6.07, 6.45) is 1.90. The van der Waals surface area contributed by atoms with E-state index in [2.05, 4.69) is 98.2 Å². The third-order valence-electron chi connectivity index (χ3n) is 7.81. The number of hydrogen-bond acceptors (Lipinski definition) is 2. The van der Waals surface area contributed by atoms with E-state index >= 15 is 0 Å². The second-order valence-electron chi connectivity index (χ2n) is 10.2. The summed E-state index contributed by atoms with van der Waals surface area (Å²) >= 11 is 0. The zero-order valence-corrected chi connectivity index (χ0v) is 18.8. The summed E-state index contributed by atoms with van der Waals surface area (Å²) in [7, 11) is 0. The van der Waals surface area contributed by atoms with Crippen molar-refractivity contribution in [1.82, 2.24) is 9.55 Å². The molecule has 3 aromatic carbocycles. The molecule has 156 valence electrons. The van der Waals surface area contributed by atoms with Crippen molar-refractivity contribution in [3.63, 3.8) is 0 Å². The monoisotopic (exact) mass is 415 g/mol. The van der Waals surface area contributed by atoms with Crippen molar-refractivity contribution in [2.75, 3.05) is 5.32 Å². The number of fused-ring (bicyclic) bond motifs is 7. The largest absolute Gasteiger partial charge is 0.355 e. The Morgan fingerprint density at radius 3 is 2.31 bits per heavy atom. The lowest BCUT2D eigenvalue weighted by molar-refractivity contribution is 0.609. The number of nitrogens with zero attached hydrogens (tertiary/aromatic N) is 2. The standard InChI is InChI=1S/C29H25N3/c1-28(2)19-11-5-6-13-23(19)31-24-16-25-22(15-21(24)28)29(3,4)20-12-7-9-17-18-10-8-14-30-27(18)32(25)26(17)20/h5-16,31H,1-4H3. The van der Waals surface area contributed by atoms with Crippen molar-refractivity contribution in [2.24, 2.45) is 0 Å². The predicted molar refractivity (Wildman–Crippen MR) is 133 cm³/mol. The second kappa shape index (κ2) is 5.60. The van der Waals surface area contributed by atoms with Crippen LogP contribution < -0.4 is 5.32 Å². The highest BCUT2D eigenvalue weighted by molar-refractivity contribution is 6.10. The highest BCUT2D eigenvalue weighted by atomic mass is 15.1. The maximum Gasteiger partial charge on any atom is 0.145 e. The van der Waals surface area contributed by atoms with Crippen LogP contribution in [-0.2, 0) is 10.8 Å². The fourth-order valence-corrected chi connectivity index (χ4v) is 6.10. The van der Waals surface area contributed by atoms with Gasteiger partial charge in [0.1, 0.15) is 5.65 Å². The number of nitrogens with one attached hydrogen (secondary N) is 1. The Morgan fingerprint density at radius 2 is 1.44 bits per heavy atom. The summed E-state index contributed by atoms with van der Waals surface area (Å²) in [5, 5.41) is 6.23. The maximum absolute atomic E-state index is 4.83. The van der Waals surface area contributed by atoms with E-state index in [0.29, 0.717) is 0 Å². The number of para-hydroxylation sites is 2. The van der Waals surface area contributed by atoms with Crippen LogP contribution in [-0.4, -0.2) is 9.55 Å². The van der Waals surface area contributed by atoms with Gasteiger partial charge in [-0.15, -0.1) is 0 Å². The Balaban J connectivity index is 1.63. The van der Waals surface area contributed by atoms with Crippen molar-refractivity contribution in [1.29, 1.82) is 0 Å². The molecule has 0 atom stereocenters. The molecule has 0 spiro atoms. The van der Waals surface area contributed by atoms with Crippen LogP contribution in [0.15, 0.2) is 72.9 Å². The molecule has 2 aliphatic rings. The summed E-state index contributed by atoms with van der Waals surface area (Å²) in [5.74, 6) is 0. The predicted octanol–water partition coefficient (Wildman–Crippen LogP) is 7.20. The van der Waals surface area contributed by atoms with Gasteiger partial charge in [0, 0.05) is 39.2 Å². The average molecular weight is 416 g/mol. The van der Waals surface area contributed by atoms with Gasteiger partial charge in [0.05, 0.1) is 11.2 Å². The number of benzene rings is 3. The molecule has 32 heavy (non-hydrogen) atoms. The summed E-state index contributed by atoms with van der Waals surface area (Å²) in [4.78, 5) is 4.83. The first-order valence-corrected chi connectivity index (χ1v) is 11.3. The molecule has 7 rings (SSSR count). The molecule has 4 heterocycles. The van der Waals surface area contributed by atoms with Crippen LogP contribution in [0.1, 0.15) is 49.9 Å². The van der Waals surface area contributed by atoms with E-state index in [1.54, 1.807) is 0 Å². The summed E-state index contributed by atoms with van der Waals surface area (Å²) in [5.41, 5.74) is 11.2. The van der Waals surface area contributed by atoms with Gasteiger partial charge in [-0.25, -0.2) is 4.98 Å². The minimum Gasteiger partial charge on any atom is -0.355 e. The number of pyridine rings is 1. The van der Waals surface area contributed by atoms with Gasteiger partial charge in [-0.2, -0.15) is 0 Å². The quantitative estimate of drug-likeness (QED) is 0.290. The van der Waals surface area contributed by atoms with E-state index in [9.17, 15) is 0 Å². The average Bonchev–Trinajstić information content (AvgIpc) is 3.12. The van der Waals surface area contributed by atoms with Crippen LogP contribution >= 0.6 is 0 Å². The summed E-state index contributed by atoms with van der Waals surface area (Å²) < 4.78 is 2.38. The SMILES string of the molecule is CC1(C)c2ccccc2Nc2cc3c(cc21)C(C)(C)c1cccc2c4cccnc4n-3c12. The van der Waals surface area contributed by atoms with Gasteiger partial charge in [0.25, 0.3) is 0 Å². The molecular formula is C29H25N3. The van der Waals surface area contributed by atoms with Crippen LogP contribution in [0.25, 0.3) is 27.6 Å². The topological polar surface area (TPSA) is 29.9 Å². The summed E-state index contributed by atoms with van der Waals surface area (Å²) in [6.45, 7) is 9.40. The smallest absolute Gasteiger partial charge is 0.145 e. The number of rotatable bonds is 0. The van der Waals surface area contributed by atoms with Gasteiger partial charge in [-0.1, -0.05) is 64.1 Å². The Labute approximate surface area is 187 Å². The lowest BCUT2D eigenvalue weighted by atomic mass is 9.69. The van der Waals surface area contributed by atoms with Gasteiger partial charge in [0.2, 0.25) is 0 Å². The van der Waals surface area contributed by atoms with Crippen LogP contribution in [0.3, 0.4) is 0 Å². The van der Waals surface area contributed by atoms with Crippen molar-refractivity contribution < 1.29 is 0 Å². The molecular weight excluding hydrogens is 390 g/mol. The molecule has 0 unspecified atom stereocenters. The maximum atomic E-state index is 4.83. The third kappa shape index (κ3) is 2.00. The van der Waals surface area contributed by atoms with Gasteiger partial charge in [0.15, 0.2) is 0 Å². The molecule has 0 fully saturated rings. The first-order chi connectivity index (χ1) is 15.4. The molecule has 0 saturated heterocycles. The van der Waals surface area contributed by atoms with E-state index in [-0.39, 0.29) is 10.8 Å². The molecule has 0 bridgehead atoms. The highest BCUT2D eigenvalue weighted by Crippen LogP contribution is 2.52. The van der Waals surface area contributed by atoms with Gasteiger partial charge < -0.3 is 5.32 Å². The number of anilines is 2. The lowest BCUT2D eigenvalue weighted by Crippen LogP contribution is -2.30. The second-order valence-corrected chi connectivity index (χ2v) is 10.2. The van der Waals surface area contributed by atoms with Gasteiger partial charge in [-0.05, 0) is 52.6 Å². The number of hydrogen-bond donors (Lipinski definition) is 1. The van der Waals surface area contributed by atoms with Gasteiger partial charge in [-0.3, -0.25) is 4.57 Å². The Bertz CT molecular complexity index is 1600. The van der Waals surface area contributed by atoms with E-state index < -0.39 is 0 Å². The molecule has 0 aliphatic carbocycles. The van der Waals surface area contributed by atoms with Crippen LogP contribution in [0, 0.1) is 0 Å². The van der Waals surface area contributed by atoms with Crippen molar-refractivity contribution in [3.8, 4) is 5.69 Å². The van der Waals surface area contributed by atoms with E-state index in [4.69, 9.17) is 4.98 Å². The van der Waals surface area contributed by atoms with E-state index in [0.717, 1.165) is 5.65 Å². The minimum atomic E-state index is -0.110. The lowest BCUT2D eigenvalue weighted by Gasteiger charge is -2.40. The first-order valence-electron chi connectivity index (χ1n) is 11.3. The normalized spacial score (nSPS) is 16.9. The molecule has 2 aliphatic heterocycles. The van der Waals surface area contributed by atoms with Crippen molar-refractivity contribution >= 4 is 33.3 Å². The van der Waals surface area contributed by atoms with Crippen LogP contribution in [0.2, 0.25) is 0 Å². The van der Waals surface area contributed by atoms with Crippen molar-refractivity contribution in [3.05, 3.63) is 95.2 Å². The molecule has 5 aromatic rings. The van der Waals surface area contributed by atoms with Crippen LogP contribution in [0.4, 0.5) is 11.4 Å². The molecule has 0 amide bonds. The van der Waals surface area contributed by atoms with Gasteiger partial charge >= 0.3 is 0 Å². The Morgan fingerprint density at radius 1 is 0.688 bits per heavy atom. The van der Waals surface area contributed by atoms with Crippen LogP contribution in [0.5, 0.6) is 0 Å². The molecule has 0 saturated carbocycles. The molecule has 2 aromatic heterocycles. The minimum absolute atomic E-state index is 0.0778. The fraction of sp³-hybridized carbons (Fsp3) is 0.207.